The Balaban J connectivity index is 1.60. The molecule has 3 atom stereocenters. The summed E-state index contributed by atoms with van der Waals surface area (Å²) in [5.41, 5.74) is 1.84. The number of nitrogens with zero attached hydrogens (tertiary/aromatic N) is 2. The van der Waals surface area contributed by atoms with Crippen LogP contribution in [0.2, 0.25) is 10.0 Å². The second-order valence-corrected chi connectivity index (χ2v) is 8.49. The highest BCUT2D eigenvalue weighted by molar-refractivity contribution is 6.34. The van der Waals surface area contributed by atoms with Gasteiger partial charge >= 0.3 is 5.69 Å². The van der Waals surface area contributed by atoms with Gasteiger partial charge in [0.15, 0.2) is 0 Å². The number of aromatic nitrogens is 3. The Morgan fingerprint density at radius 3 is 2.60 bits per heavy atom. The van der Waals surface area contributed by atoms with E-state index in [9.17, 15) is 4.79 Å². The first kappa shape index (κ1) is 21.1. The van der Waals surface area contributed by atoms with Gasteiger partial charge in [-0.1, -0.05) is 53.5 Å². The van der Waals surface area contributed by atoms with Crippen molar-refractivity contribution in [1.82, 2.24) is 20.1 Å². The molecular weight excluding hydrogens is 423 g/mol. The third-order valence-corrected chi connectivity index (χ3v) is 5.89. The molecule has 1 fully saturated rings. The number of rotatable bonds is 6. The first-order valence-corrected chi connectivity index (χ1v) is 10.8. The van der Waals surface area contributed by atoms with Crippen molar-refractivity contribution >= 4 is 23.2 Å². The number of halogens is 2. The van der Waals surface area contributed by atoms with Crippen LogP contribution in [0, 0.1) is 0 Å². The van der Waals surface area contributed by atoms with Crippen molar-refractivity contribution in [3.8, 4) is 0 Å². The first-order chi connectivity index (χ1) is 14.5. The zero-order chi connectivity index (χ0) is 21.1. The van der Waals surface area contributed by atoms with Crippen molar-refractivity contribution in [1.29, 1.82) is 0 Å². The van der Waals surface area contributed by atoms with Gasteiger partial charge in [0.05, 0.1) is 24.8 Å². The number of ether oxygens (including phenoxy) is 1. The molecule has 0 spiro atoms. The lowest BCUT2D eigenvalue weighted by atomic mass is 9.92. The summed E-state index contributed by atoms with van der Waals surface area (Å²) in [6, 6.07) is 15.9. The number of H-pyrrole nitrogens is 2. The summed E-state index contributed by atoms with van der Waals surface area (Å²) in [6.45, 7) is 3.45. The minimum Gasteiger partial charge on any atom is -0.369 e. The second-order valence-electron chi connectivity index (χ2n) is 7.61. The van der Waals surface area contributed by atoms with E-state index in [2.05, 4.69) is 32.2 Å². The van der Waals surface area contributed by atoms with E-state index in [4.69, 9.17) is 27.9 Å². The number of piperidine rings is 1. The molecule has 1 aromatic heterocycles. The van der Waals surface area contributed by atoms with Gasteiger partial charge in [-0.2, -0.15) is 5.10 Å². The molecule has 0 aliphatic carbocycles. The summed E-state index contributed by atoms with van der Waals surface area (Å²) in [6.07, 6.45) is 1.74. The average Bonchev–Trinajstić information content (AvgIpc) is 3.13. The third kappa shape index (κ3) is 4.95. The number of nitrogens with one attached hydrogen (secondary N) is 2. The molecule has 8 heteroatoms. The maximum Gasteiger partial charge on any atom is 0.340 e. The standard InChI is InChI=1S/C22H24Cl2N4O2/c1-14(16-10-17(23)12-18(24)11-16)30-19-8-5-9-28(13-20-25-22(29)27-26-20)21(19)15-6-3-2-4-7-15/h2-4,6-7,10-12,14,19,21H,5,8-9,13H2,1H3,(H2,25,26,27,29)/t14-,19+,21+/m1/s1. The lowest BCUT2D eigenvalue weighted by Gasteiger charge is -2.42. The highest BCUT2D eigenvalue weighted by Crippen LogP contribution is 2.37. The van der Waals surface area contributed by atoms with E-state index in [1.807, 2.05) is 37.3 Å². The largest absolute Gasteiger partial charge is 0.369 e. The van der Waals surface area contributed by atoms with E-state index in [1.54, 1.807) is 6.07 Å². The zero-order valence-corrected chi connectivity index (χ0v) is 18.2. The predicted octanol–water partition coefficient (Wildman–Crippen LogP) is 4.89. The fraction of sp³-hybridized carbons (Fsp3) is 0.364. The molecule has 6 nitrogen and oxygen atoms in total. The molecule has 2 N–H and O–H groups in total. The average molecular weight is 447 g/mol. The molecule has 3 aromatic rings. The van der Waals surface area contributed by atoms with Crippen molar-refractivity contribution in [3.63, 3.8) is 0 Å². The fourth-order valence-electron chi connectivity index (χ4n) is 4.15. The lowest BCUT2D eigenvalue weighted by molar-refractivity contribution is -0.0808. The molecular formula is C22H24Cl2N4O2. The van der Waals surface area contributed by atoms with Crippen molar-refractivity contribution in [2.45, 2.75) is 44.6 Å². The van der Waals surface area contributed by atoms with Gasteiger partial charge in [-0.25, -0.2) is 9.89 Å². The van der Waals surface area contributed by atoms with Crippen LogP contribution >= 0.6 is 23.2 Å². The molecule has 0 unspecified atom stereocenters. The molecule has 0 saturated carbocycles. The van der Waals surface area contributed by atoms with Crippen LogP contribution in [-0.2, 0) is 11.3 Å². The molecule has 4 rings (SSSR count). The van der Waals surface area contributed by atoms with Crippen molar-refractivity contribution in [2.75, 3.05) is 6.54 Å². The smallest absolute Gasteiger partial charge is 0.340 e. The molecule has 1 aliphatic heterocycles. The van der Waals surface area contributed by atoms with E-state index in [-0.39, 0.29) is 23.9 Å². The van der Waals surface area contributed by atoms with Gasteiger partial charge in [-0.15, -0.1) is 0 Å². The Morgan fingerprint density at radius 2 is 1.93 bits per heavy atom. The van der Waals surface area contributed by atoms with Gasteiger partial charge in [-0.05, 0) is 55.6 Å². The van der Waals surface area contributed by atoms with Gasteiger partial charge in [0, 0.05) is 10.0 Å². The van der Waals surface area contributed by atoms with Crippen molar-refractivity contribution in [3.05, 3.63) is 86.0 Å². The van der Waals surface area contributed by atoms with Gasteiger partial charge in [0.1, 0.15) is 5.82 Å². The minimum atomic E-state index is -0.294. The third-order valence-electron chi connectivity index (χ3n) is 5.46. The summed E-state index contributed by atoms with van der Waals surface area (Å²) in [5.74, 6) is 0.622. The van der Waals surface area contributed by atoms with E-state index < -0.39 is 0 Å². The normalized spacial score (nSPS) is 20.9. The highest BCUT2D eigenvalue weighted by Gasteiger charge is 2.35. The number of likely N-dealkylation sites (tertiary alicyclic amines) is 1. The SMILES string of the molecule is C[C@@H](O[C@H]1CCCN(Cc2n[nH]c(=O)[nH]2)[C@H]1c1ccccc1)c1cc(Cl)cc(Cl)c1. The monoisotopic (exact) mass is 446 g/mol. The number of aromatic amines is 2. The topological polar surface area (TPSA) is 74.0 Å². The Labute approximate surface area is 185 Å². The maximum absolute atomic E-state index is 11.5. The number of hydrogen-bond acceptors (Lipinski definition) is 4. The minimum absolute atomic E-state index is 0.0282. The molecule has 1 aliphatic rings. The van der Waals surface area contributed by atoms with Gasteiger partial charge < -0.3 is 4.74 Å². The van der Waals surface area contributed by atoms with Crippen LogP contribution in [0.15, 0.2) is 53.3 Å². The Hall–Kier alpha value is -2.12. The van der Waals surface area contributed by atoms with E-state index in [0.29, 0.717) is 22.4 Å². The molecule has 1 saturated heterocycles. The molecule has 0 bridgehead atoms. The van der Waals surface area contributed by atoms with Gasteiger partial charge in [0.25, 0.3) is 0 Å². The van der Waals surface area contributed by atoms with Crippen LogP contribution in [0.5, 0.6) is 0 Å². The summed E-state index contributed by atoms with van der Waals surface area (Å²) in [7, 11) is 0. The first-order valence-electron chi connectivity index (χ1n) is 10.0. The molecule has 2 aromatic carbocycles. The Morgan fingerprint density at radius 1 is 1.20 bits per heavy atom. The fourth-order valence-corrected chi connectivity index (χ4v) is 4.69. The molecule has 0 amide bonds. The number of benzene rings is 2. The lowest BCUT2D eigenvalue weighted by Crippen LogP contribution is -2.43. The van der Waals surface area contributed by atoms with Crippen LogP contribution in [0.25, 0.3) is 0 Å². The summed E-state index contributed by atoms with van der Waals surface area (Å²) < 4.78 is 6.57. The maximum atomic E-state index is 11.5. The predicted molar refractivity (Wildman–Crippen MR) is 118 cm³/mol. The van der Waals surface area contributed by atoms with Crippen molar-refractivity contribution in [2.24, 2.45) is 0 Å². The molecule has 158 valence electrons. The van der Waals surface area contributed by atoms with Crippen molar-refractivity contribution < 1.29 is 4.74 Å². The zero-order valence-electron chi connectivity index (χ0n) is 16.6. The molecule has 0 radical (unpaired) electrons. The Bertz CT molecular complexity index is 1020. The highest BCUT2D eigenvalue weighted by atomic mass is 35.5. The van der Waals surface area contributed by atoms with Crippen LogP contribution in [0.1, 0.15) is 48.9 Å². The second kappa shape index (κ2) is 9.35. The Kier molecular flexibility index (Phi) is 6.58. The summed E-state index contributed by atoms with van der Waals surface area (Å²) in [4.78, 5) is 16.5. The molecule has 2 heterocycles. The van der Waals surface area contributed by atoms with Crippen LogP contribution in [0.3, 0.4) is 0 Å². The molecule has 30 heavy (non-hydrogen) atoms. The van der Waals surface area contributed by atoms with E-state index >= 15 is 0 Å². The van der Waals surface area contributed by atoms with Crippen LogP contribution < -0.4 is 5.69 Å². The quantitative estimate of drug-likeness (QED) is 0.565. The van der Waals surface area contributed by atoms with Gasteiger partial charge in [0.2, 0.25) is 0 Å². The summed E-state index contributed by atoms with van der Waals surface area (Å²) in [5, 5.41) is 7.73. The van der Waals surface area contributed by atoms with Crippen LogP contribution in [-0.4, -0.2) is 32.7 Å². The van der Waals surface area contributed by atoms with Crippen LogP contribution in [0.4, 0.5) is 0 Å². The van der Waals surface area contributed by atoms with Gasteiger partial charge in [-0.3, -0.25) is 9.88 Å². The number of hydrogen-bond donors (Lipinski definition) is 2. The summed E-state index contributed by atoms with van der Waals surface area (Å²) >= 11 is 12.4. The van der Waals surface area contributed by atoms with E-state index in [0.717, 1.165) is 24.9 Å². The van der Waals surface area contributed by atoms with E-state index in [1.165, 1.54) is 5.56 Å².